The molecule has 1 aliphatic heterocycles. The fraction of sp³-hybridized carbons (Fsp3) is 0.333. The molecule has 1 aromatic carbocycles. The Hall–Kier alpha value is -2.30. The van der Waals surface area contributed by atoms with Gasteiger partial charge in [0.25, 0.3) is 0 Å². The van der Waals surface area contributed by atoms with E-state index >= 15 is 0 Å². The number of aromatic nitrogens is 1. The molecule has 5 heteroatoms. The monoisotopic (exact) mass is 272 g/mol. The van der Waals surface area contributed by atoms with Crippen LogP contribution in [-0.4, -0.2) is 32.9 Å². The lowest BCUT2D eigenvalue weighted by molar-refractivity contribution is -0.152. The van der Waals surface area contributed by atoms with Crippen molar-refractivity contribution in [2.75, 3.05) is 0 Å². The van der Waals surface area contributed by atoms with Gasteiger partial charge in [0.05, 0.1) is 6.04 Å². The van der Waals surface area contributed by atoms with Crippen molar-refractivity contribution in [1.29, 1.82) is 0 Å². The molecule has 0 radical (unpaired) electrons. The highest BCUT2D eigenvalue weighted by molar-refractivity contribution is 5.89. The number of nitrogens with zero attached hydrogens (tertiary/aromatic N) is 1. The van der Waals surface area contributed by atoms with Crippen molar-refractivity contribution < 1.29 is 14.7 Å². The number of carbonyl (C=O) groups excluding carboxylic acids is 1. The number of carbonyl (C=O) groups is 2. The zero-order valence-electron chi connectivity index (χ0n) is 11.4. The maximum Gasteiger partial charge on any atom is 0.326 e. The Balaban J connectivity index is 2.20. The summed E-state index contributed by atoms with van der Waals surface area (Å²) in [4.78, 5) is 28.0. The minimum atomic E-state index is -0.956. The molecule has 0 saturated carbocycles. The Kier molecular flexibility index (Phi) is 2.78. The molecule has 104 valence electrons. The van der Waals surface area contributed by atoms with Gasteiger partial charge in [-0.1, -0.05) is 18.2 Å². The molecule has 0 spiro atoms. The molecule has 2 aromatic rings. The maximum absolute atomic E-state index is 11.8. The molecule has 0 bridgehead atoms. The number of aliphatic carboxylic acids is 1. The van der Waals surface area contributed by atoms with Crippen LogP contribution in [0.1, 0.15) is 31.1 Å². The highest BCUT2D eigenvalue weighted by Crippen LogP contribution is 2.36. The van der Waals surface area contributed by atoms with Crippen molar-refractivity contribution in [3.63, 3.8) is 0 Å². The second-order valence-electron chi connectivity index (χ2n) is 5.22. The van der Waals surface area contributed by atoms with Crippen molar-refractivity contribution in [1.82, 2.24) is 9.88 Å². The standard InChI is InChI=1S/C15H16N2O3/c1-8-14-11(10-5-3-4-6-12(10)16-14)7-13(15(19)20)17(8)9(2)18/h3-6,8,13,16H,7H2,1-2H3,(H,19,20)/t8-,13+/m1/s1. The molecular formula is C15H16N2O3. The number of nitrogens with one attached hydrogen (secondary N) is 1. The summed E-state index contributed by atoms with van der Waals surface area (Å²) in [5, 5.41) is 10.5. The number of benzene rings is 1. The topological polar surface area (TPSA) is 73.4 Å². The van der Waals surface area contributed by atoms with E-state index in [1.165, 1.54) is 11.8 Å². The second kappa shape index (κ2) is 4.37. The number of amides is 1. The molecule has 3 rings (SSSR count). The quantitative estimate of drug-likeness (QED) is 0.834. The largest absolute Gasteiger partial charge is 0.480 e. The van der Waals surface area contributed by atoms with E-state index in [4.69, 9.17) is 0 Å². The molecule has 0 fully saturated rings. The normalized spacial score (nSPS) is 21.8. The predicted octanol–water partition coefficient (Wildman–Crippen LogP) is 2.09. The third-order valence-corrected chi connectivity index (χ3v) is 4.06. The first-order chi connectivity index (χ1) is 9.50. The minimum absolute atomic E-state index is 0.214. The third kappa shape index (κ3) is 1.70. The average molecular weight is 272 g/mol. The van der Waals surface area contributed by atoms with E-state index in [2.05, 4.69) is 4.98 Å². The number of rotatable bonds is 1. The van der Waals surface area contributed by atoms with Crippen LogP contribution in [0.2, 0.25) is 0 Å². The summed E-state index contributed by atoms with van der Waals surface area (Å²) in [6, 6.07) is 6.77. The first-order valence-electron chi connectivity index (χ1n) is 6.62. The van der Waals surface area contributed by atoms with E-state index in [9.17, 15) is 14.7 Å². The van der Waals surface area contributed by atoms with Gasteiger partial charge in [-0.15, -0.1) is 0 Å². The summed E-state index contributed by atoms with van der Waals surface area (Å²) >= 11 is 0. The first-order valence-corrected chi connectivity index (χ1v) is 6.62. The van der Waals surface area contributed by atoms with Gasteiger partial charge in [-0.3, -0.25) is 4.79 Å². The van der Waals surface area contributed by atoms with E-state index < -0.39 is 12.0 Å². The molecule has 5 nitrogen and oxygen atoms in total. The van der Waals surface area contributed by atoms with Gasteiger partial charge in [-0.05, 0) is 18.6 Å². The van der Waals surface area contributed by atoms with Crippen LogP contribution in [0.25, 0.3) is 10.9 Å². The number of carboxylic acid groups (broad SMARTS) is 1. The molecule has 2 heterocycles. The van der Waals surface area contributed by atoms with Crippen molar-refractivity contribution >= 4 is 22.8 Å². The fourth-order valence-electron chi connectivity index (χ4n) is 3.20. The van der Waals surface area contributed by atoms with Gasteiger partial charge in [0.2, 0.25) is 5.91 Å². The first kappa shape index (κ1) is 12.7. The number of hydrogen-bond acceptors (Lipinski definition) is 2. The summed E-state index contributed by atoms with van der Waals surface area (Å²) in [7, 11) is 0. The summed E-state index contributed by atoms with van der Waals surface area (Å²) < 4.78 is 0. The Bertz CT molecular complexity index is 704. The average Bonchev–Trinajstić information content (AvgIpc) is 2.77. The van der Waals surface area contributed by atoms with Gasteiger partial charge in [0, 0.05) is 29.9 Å². The summed E-state index contributed by atoms with van der Waals surface area (Å²) in [6.07, 6.45) is 0.346. The zero-order valence-corrected chi connectivity index (χ0v) is 11.4. The van der Waals surface area contributed by atoms with Crippen molar-refractivity contribution in [3.8, 4) is 0 Å². The van der Waals surface area contributed by atoms with Crippen LogP contribution in [0.4, 0.5) is 0 Å². The van der Waals surface area contributed by atoms with Crippen LogP contribution < -0.4 is 0 Å². The van der Waals surface area contributed by atoms with E-state index in [-0.39, 0.29) is 11.9 Å². The van der Waals surface area contributed by atoms with Crippen LogP contribution >= 0.6 is 0 Å². The van der Waals surface area contributed by atoms with Gasteiger partial charge in [0.1, 0.15) is 6.04 Å². The smallest absolute Gasteiger partial charge is 0.326 e. The number of hydrogen-bond donors (Lipinski definition) is 2. The fourth-order valence-corrected chi connectivity index (χ4v) is 3.20. The molecule has 0 aliphatic carbocycles. The molecule has 0 unspecified atom stereocenters. The molecule has 0 saturated heterocycles. The second-order valence-corrected chi connectivity index (χ2v) is 5.22. The summed E-state index contributed by atoms with van der Waals surface area (Å²) in [6.45, 7) is 3.28. The van der Waals surface area contributed by atoms with Crippen LogP contribution in [0.5, 0.6) is 0 Å². The number of aromatic amines is 1. The number of carboxylic acids is 1. The van der Waals surface area contributed by atoms with Gasteiger partial charge >= 0.3 is 5.97 Å². The molecule has 1 aromatic heterocycles. The van der Waals surface area contributed by atoms with Crippen LogP contribution in [0.15, 0.2) is 24.3 Å². The molecule has 1 aliphatic rings. The molecular weight excluding hydrogens is 256 g/mol. The van der Waals surface area contributed by atoms with E-state index in [0.29, 0.717) is 6.42 Å². The van der Waals surface area contributed by atoms with Crippen LogP contribution in [-0.2, 0) is 16.0 Å². The zero-order chi connectivity index (χ0) is 14.4. The van der Waals surface area contributed by atoms with E-state index in [1.54, 1.807) is 0 Å². The molecule has 20 heavy (non-hydrogen) atoms. The minimum Gasteiger partial charge on any atom is -0.480 e. The lowest BCUT2D eigenvalue weighted by Crippen LogP contribution is -2.49. The SMILES string of the molecule is CC(=O)N1[C@H](C)c2[nH]c3ccccc3c2C[C@H]1C(=O)O. The van der Waals surface area contributed by atoms with Gasteiger partial charge in [0.15, 0.2) is 0 Å². The van der Waals surface area contributed by atoms with Gasteiger partial charge in [-0.2, -0.15) is 0 Å². The number of fused-ring (bicyclic) bond motifs is 3. The van der Waals surface area contributed by atoms with Crippen molar-refractivity contribution in [2.24, 2.45) is 0 Å². The Labute approximate surface area is 116 Å². The number of H-pyrrole nitrogens is 1. The Morgan fingerprint density at radius 1 is 1.35 bits per heavy atom. The van der Waals surface area contributed by atoms with Crippen molar-refractivity contribution in [3.05, 3.63) is 35.5 Å². The lowest BCUT2D eigenvalue weighted by Gasteiger charge is -2.37. The predicted molar refractivity (Wildman–Crippen MR) is 74.4 cm³/mol. The van der Waals surface area contributed by atoms with Crippen molar-refractivity contribution in [2.45, 2.75) is 32.4 Å². The maximum atomic E-state index is 11.8. The third-order valence-electron chi connectivity index (χ3n) is 4.06. The molecule has 2 atom stereocenters. The number of para-hydroxylation sites is 1. The molecule has 2 N–H and O–H groups in total. The highest BCUT2D eigenvalue weighted by Gasteiger charge is 2.39. The Morgan fingerprint density at radius 3 is 2.70 bits per heavy atom. The summed E-state index contributed by atoms with van der Waals surface area (Å²) in [5.41, 5.74) is 2.94. The van der Waals surface area contributed by atoms with Crippen LogP contribution in [0, 0.1) is 0 Å². The van der Waals surface area contributed by atoms with E-state index in [1.807, 2.05) is 31.2 Å². The molecule has 1 amide bonds. The highest BCUT2D eigenvalue weighted by atomic mass is 16.4. The van der Waals surface area contributed by atoms with Crippen LogP contribution in [0.3, 0.4) is 0 Å². The van der Waals surface area contributed by atoms with E-state index in [0.717, 1.165) is 22.2 Å². The van der Waals surface area contributed by atoms with Gasteiger partial charge in [-0.25, -0.2) is 4.79 Å². The summed E-state index contributed by atoms with van der Waals surface area (Å²) in [5.74, 6) is -1.17. The Morgan fingerprint density at radius 2 is 2.05 bits per heavy atom. The van der Waals surface area contributed by atoms with Gasteiger partial charge < -0.3 is 15.0 Å². The lowest BCUT2D eigenvalue weighted by atomic mass is 9.92.